The number of fused-ring (bicyclic) bond motifs is 2. The molecule has 1 saturated heterocycles. The molecular formula is C22H26F3N7O3. The molecule has 13 heteroatoms. The summed E-state index contributed by atoms with van der Waals surface area (Å²) in [7, 11) is 0. The Bertz CT molecular complexity index is 1170. The van der Waals surface area contributed by atoms with Crippen molar-refractivity contribution in [3.05, 3.63) is 30.1 Å². The van der Waals surface area contributed by atoms with E-state index in [1.165, 1.54) is 22.9 Å². The van der Waals surface area contributed by atoms with Crippen molar-refractivity contribution in [3.8, 4) is 17.5 Å². The Morgan fingerprint density at radius 1 is 1.09 bits per heavy atom. The van der Waals surface area contributed by atoms with Gasteiger partial charge in [0.25, 0.3) is 0 Å². The number of benzene rings is 1. The number of aryl methyl sites for hydroxylation is 1. The van der Waals surface area contributed by atoms with Gasteiger partial charge >= 0.3 is 18.4 Å². The first-order valence-electron chi connectivity index (χ1n) is 11.5. The zero-order valence-electron chi connectivity index (χ0n) is 19.5. The van der Waals surface area contributed by atoms with E-state index < -0.39 is 12.1 Å². The molecule has 0 radical (unpaired) electrons. The van der Waals surface area contributed by atoms with Crippen molar-refractivity contribution in [3.63, 3.8) is 0 Å². The number of alkyl halides is 3. The van der Waals surface area contributed by atoms with Crippen molar-refractivity contribution >= 4 is 12.0 Å². The molecule has 0 amide bonds. The van der Waals surface area contributed by atoms with Crippen molar-refractivity contribution in [1.82, 2.24) is 24.9 Å². The second-order valence-electron chi connectivity index (χ2n) is 9.15. The van der Waals surface area contributed by atoms with Crippen LogP contribution in [0.1, 0.15) is 38.6 Å². The molecule has 1 unspecified atom stereocenters. The summed E-state index contributed by atoms with van der Waals surface area (Å²) < 4.78 is 55.2. The summed E-state index contributed by atoms with van der Waals surface area (Å²) in [5, 5.41) is 11.9. The van der Waals surface area contributed by atoms with Crippen LogP contribution in [0.15, 0.2) is 28.8 Å². The van der Waals surface area contributed by atoms with E-state index in [9.17, 15) is 13.2 Å². The highest BCUT2D eigenvalue weighted by atomic mass is 19.4. The van der Waals surface area contributed by atoms with Gasteiger partial charge in [0.1, 0.15) is 0 Å². The predicted molar refractivity (Wildman–Crippen MR) is 118 cm³/mol. The maximum absolute atomic E-state index is 12.8. The minimum Gasteiger partial charge on any atom is -0.420 e. The second-order valence-corrected chi connectivity index (χ2v) is 9.15. The fourth-order valence-corrected chi connectivity index (χ4v) is 4.80. The van der Waals surface area contributed by atoms with Crippen LogP contribution in [-0.4, -0.2) is 50.4 Å². The van der Waals surface area contributed by atoms with E-state index in [4.69, 9.17) is 9.26 Å². The van der Waals surface area contributed by atoms with Gasteiger partial charge in [0, 0.05) is 19.1 Å². The average molecular weight is 493 g/mol. The van der Waals surface area contributed by atoms with Gasteiger partial charge in [-0.1, -0.05) is 17.3 Å². The normalized spacial score (nSPS) is 22.0. The first kappa shape index (κ1) is 23.2. The van der Waals surface area contributed by atoms with Crippen molar-refractivity contribution < 1.29 is 27.2 Å². The Morgan fingerprint density at radius 3 is 2.37 bits per heavy atom. The average Bonchev–Trinajstić information content (AvgIpc) is 3.45. The minimum absolute atomic E-state index is 0.0758. The van der Waals surface area contributed by atoms with Crippen molar-refractivity contribution in [2.45, 2.75) is 52.1 Å². The Labute approximate surface area is 199 Å². The van der Waals surface area contributed by atoms with E-state index >= 15 is 0 Å². The van der Waals surface area contributed by atoms with E-state index in [-0.39, 0.29) is 23.8 Å². The molecule has 1 aliphatic carbocycles. The molecule has 2 aliphatic rings. The fourth-order valence-electron chi connectivity index (χ4n) is 4.80. The van der Waals surface area contributed by atoms with E-state index in [1.807, 2.05) is 13.8 Å². The largest absolute Gasteiger partial charge is 0.573 e. The summed E-state index contributed by atoms with van der Waals surface area (Å²) in [6.45, 7) is 7.11. The number of nitrogens with zero attached hydrogens (tertiary/aromatic N) is 6. The lowest BCUT2D eigenvalue weighted by Crippen LogP contribution is -2.48. The maximum Gasteiger partial charge on any atom is 0.573 e. The van der Waals surface area contributed by atoms with Crippen LogP contribution in [0.4, 0.5) is 25.1 Å². The van der Waals surface area contributed by atoms with Crippen LogP contribution >= 0.6 is 0 Å². The van der Waals surface area contributed by atoms with E-state index in [1.54, 1.807) is 13.0 Å². The van der Waals surface area contributed by atoms with E-state index in [2.05, 4.69) is 35.2 Å². The lowest BCUT2D eigenvalue weighted by Gasteiger charge is -2.37. The van der Waals surface area contributed by atoms with Gasteiger partial charge in [-0.05, 0) is 57.6 Å². The van der Waals surface area contributed by atoms with Gasteiger partial charge in [-0.2, -0.15) is 9.97 Å². The topological polar surface area (TPSA) is 103 Å². The molecule has 1 N–H and O–H groups in total. The SMILES string of the molecule is Cc1noc(N2C[C@H]3CC[C@@H](C2)C3Nc2nc(Oc3ccccc3OC(F)(F)F)n(C(C)C)n2)n1. The first-order chi connectivity index (χ1) is 16.7. The number of aromatic nitrogens is 5. The third-order valence-corrected chi connectivity index (χ3v) is 6.28. The number of nitrogens with one attached hydrogen (secondary N) is 1. The van der Waals surface area contributed by atoms with Gasteiger partial charge in [0.2, 0.25) is 5.95 Å². The molecule has 188 valence electrons. The monoisotopic (exact) mass is 493 g/mol. The van der Waals surface area contributed by atoms with Gasteiger partial charge in [-0.25, -0.2) is 4.68 Å². The summed E-state index contributed by atoms with van der Waals surface area (Å²) >= 11 is 0. The van der Waals surface area contributed by atoms with Crippen molar-refractivity contribution in [1.29, 1.82) is 0 Å². The number of anilines is 2. The summed E-state index contributed by atoms with van der Waals surface area (Å²) in [4.78, 5) is 10.9. The lowest BCUT2D eigenvalue weighted by molar-refractivity contribution is -0.275. The van der Waals surface area contributed by atoms with Crippen LogP contribution in [0.2, 0.25) is 0 Å². The number of rotatable bonds is 7. The Morgan fingerprint density at radius 2 is 1.77 bits per heavy atom. The number of para-hydroxylation sites is 2. The lowest BCUT2D eigenvalue weighted by atomic mass is 9.92. The zero-order valence-corrected chi connectivity index (χ0v) is 19.5. The summed E-state index contributed by atoms with van der Waals surface area (Å²) in [6, 6.07) is 6.20. The minimum atomic E-state index is -4.84. The zero-order chi connectivity index (χ0) is 24.7. The molecule has 1 aliphatic heterocycles. The van der Waals surface area contributed by atoms with Crippen LogP contribution in [0.5, 0.6) is 17.5 Å². The summed E-state index contributed by atoms with van der Waals surface area (Å²) in [5.41, 5.74) is 0. The first-order valence-corrected chi connectivity index (χ1v) is 11.5. The number of ether oxygens (including phenoxy) is 2. The molecule has 3 heterocycles. The van der Waals surface area contributed by atoms with Gasteiger partial charge in [0.15, 0.2) is 17.3 Å². The smallest absolute Gasteiger partial charge is 0.420 e. The third-order valence-electron chi connectivity index (χ3n) is 6.28. The van der Waals surface area contributed by atoms with Crippen LogP contribution in [-0.2, 0) is 0 Å². The highest BCUT2D eigenvalue weighted by molar-refractivity contribution is 5.42. The van der Waals surface area contributed by atoms with Gasteiger partial charge in [-0.15, -0.1) is 18.3 Å². The maximum atomic E-state index is 12.8. The second kappa shape index (κ2) is 8.93. The molecule has 1 saturated carbocycles. The Kier molecular flexibility index (Phi) is 5.93. The van der Waals surface area contributed by atoms with Crippen LogP contribution < -0.4 is 19.7 Å². The number of piperidine rings is 1. The number of hydrogen-bond donors (Lipinski definition) is 1. The molecule has 35 heavy (non-hydrogen) atoms. The molecule has 5 rings (SSSR count). The van der Waals surface area contributed by atoms with Crippen molar-refractivity contribution in [2.24, 2.45) is 11.8 Å². The molecule has 2 aromatic heterocycles. The number of halogens is 3. The molecule has 0 spiro atoms. The molecule has 2 bridgehead atoms. The quantitative estimate of drug-likeness (QED) is 0.507. The van der Waals surface area contributed by atoms with Gasteiger partial charge < -0.3 is 24.2 Å². The fraction of sp³-hybridized carbons (Fsp3) is 0.545. The highest BCUT2D eigenvalue weighted by Crippen LogP contribution is 2.40. The standard InChI is InChI=1S/C22H26F3N7O3/c1-12(2)32-21(33-16-6-4-5-7-17(16)34-22(23,24)25)28-19(29-32)27-18-14-8-9-15(18)11-31(10-14)20-26-13(3)30-35-20/h4-7,12,14-15,18H,8-11H2,1-3H3,(H,27,29)/t14-,15+,18?. The van der Waals surface area contributed by atoms with Crippen LogP contribution in [0.3, 0.4) is 0 Å². The highest BCUT2D eigenvalue weighted by Gasteiger charge is 2.44. The Hall–Kier alpha value is -3.51. The molecular weight excluding hydrogens is 467 g/mol. The van der Waals surface area contributed by atoms with Crippen LogP contribution in [0, 0.1) is 18.8 Å². The van der Waals surface area contributed by atoms with E-state index in [0.717, 1.165) is 25.9 Å². The molecule has 1 aromatic carbocycles. The van der Waals surface area contributed by atoms with Crippen molar-refractivity contribution in [2.75, 3.05) is 23.3 Å². The van der Waals surface area contributed by atoms with Gasteiger partial charge in [-0.3, -0.25) is 0 Å². The Balaban J connectivity index is 1.33. The molecule has 3 aromatic rings. The van der Waals surface area contributed by atoms with E-state index in [0.29, 0.717) is 29.6 Å². The summed E-state index contributed by atoms with van der Waals surface area (Å²) in [5.74, 6) is 1.08. The third kappa shape index (κ3) is 4.98. The molecule has 2 fully saturated rings. The summed E-state index contributed by atoms with van der Waals surface area (Å²) in [6.07, 6.45) is -2.75. The molecule has 10 nitrogen and oxygen atoms in total. The van der Waals surface area contributed by atoms with Gasteiger partial charge in [0.05, 0.1) is 6.04 Å². The van der Waals surface area contributed by atoms with Crippen LogP contribution in [0.25, 0.3) is 0 Å². The predicted octanol–water partition coefficient (Wildman–Crippen LogP) is 4.57. The molecule has 3 atom stereocenters. The number of hydrogen-bond acceptors (Lipinski definition) is 9.